The zero-order chi connectivity index (χ0) is 9.64. The maximum atomic E-state index is 5.40. The second-order valence-corrected chi connectivity index (χ2v) is 5.03. The molecule has 1 aliphatic rings. The van der Waals surface area contributed by atoms with Crippen LogP contribution in [-0.2, 0) is 5.41 Å². The molecule has 2 nitrogen and oxygen atoms in total. The summed E-state index contributed by atoms with van der Waals surface area (Å²) in [7, 11) is 0. The molecule has 1 saturated carbocycles. The average Bonchev–Trinajstić information content (AvgIpc) is 2.73. The van der Waals surface area contributed by atoms with Gasteiger partial charge in [-0.25, -0.2) is 0 Å². The lowest BCUT2D eigenvalue weighted by Crippen LogP contribution is -2.13. The lowest BCUT2D eigenvalue weighted by molar-refractivity contribution is 0.376. The molecular formula is C11H17NO. The van der Waals surface area contributed by atoms with Crippen molar-refractivity contribution >= 4 is 0 Å². The molecule has 0 amide bonds. The molecule has 0 spiro atoms. The molecule has 1 fully saturated rings. The molecule has 1 aromatic rings. The van der Waals surface area contributed by atoms with Crippen LogP contribution in [0.15, 0.2) is 4.52 Å². The summed E-state index contributed by atoms with van der Waals surface area (Å²) in [5, 5.41) is 4.07. The third kappa shape index (κ3) is 1.50. The van der Waals surface area contributed by atoms with Gasteiger partial charge in [-0.1, -0.05) is 25.9 Å². The van der Waals surface area contributed by atoms with E-state index in [1.54, 1.807) is 0 Å². The van der Waals surface area contributed by atoms with Gasteiger partial charge >= 0.3 is 0 Å². The standard InChI is InChI=1S/C11H17NO/c1-7-9(11(2,3)4)10(13-12-7)8-5-6-8/h8H,5-6H2,1-4H3. The van der Waals surface area contributed by atoms with E-state index in [1.807, 2.05) is 6.92 Å². The highest BCUT2D eigenvalue weighted by atomic mass is 16.5. The van der Waals surface area contributed by atoms with Gasteiger partial charge in [0, 0.05) is 11.5 Å². The minimum atomic E-state index is 0.169. The average molecular weight is 179 g/mol. The molecule has 0 N–H and O–H groups in total. The molecule has 0 unspecified atom stereocenters. The quantitative estimate of drug-likeness (QED) is 0.661. The van der Waals surface area contributed by atoms with Crippen LogP contribution < -0.4 is 0 Å². The lowest BCUT2D eigenvalue weighted by atomic mass is 9.84. The van der Waals surface area contributed by atoms with Gasteiger partial charge in [0.25, 0.3) is 0 Å². The van der Waals surface area contributed by atoms with E-state index < -0.39 is 0 Å². The van der Waals surface area contributed by atoms with Crippen LogP contribution in [-0.4, -0.2) is 5.16 Å². The van der Waals surface area contributed by atoms with Crippen molar-refractivity contribution in [1.29, 1.82) is 0 Å². The second kappa shape index (κ2) is 2.60. The van der Waals surface area contributed by atoms with E-state index >= 15 is 0 Å². The van der Waals surface area contributed by atoms with Crippen LogP contribution in [0.4, 0.5) is 0 Å². The molecule has 1 aliphatic carbocycles. The van der Waals surface area contributed by atoms with E-state index in [2.05, 4.69) is 25.9 Å². The van der Waals surface area contributed by atoms with Gasteiger partial charge in [0.05, 0.1) is 5.69 Å². The van der Waals surface area contributed by atoms with E-state index in [9.17, 15) is 0 Å². The molecule has 0 aliphatic heterocycles. The first kappa shape index (κ1) is 8.79. The summed E-state index contributed by atoms with van der Waals surface area (Å²) < 4.78 is 5.40. The van der Waals surface area contributed by atoms with Gasteiger partial charge in [0.15, 0.2) is 0 Å². The zero-order valence-electron chi connectivity index (χ0n) is 8.85. The first-order valence-corrected chi connectivity index (χ1v) is 4.97. The maximum Gasteiger partial charge on any atom is 0.143 e. The van der Waals surface area contributed by atoms with Crippen molar-refractivity contribution in [3.63, 3.8) is 0 Å². The van der Waals surface area contributed by atoms with E-state index in [4.69, 9.17) is 4.52 Å². The van der Waals surface area contributed by atoms with E-state index in [0.29, 0.717) is 5.92 Å². The highest BCUT2D eigenvalue weighted by Gasteiger charge is 2.35. The maximum absolute atomic E-state index is 5.40. The van der Waals surface area contributed by atoms with E-state index in [0.717, 1.165) is 11.5 Å². The van der Waals surface area contributed by atoms with Crippen LogP contribution >= 0.6 is 0 Å². The Bertz CT molecular complexity index is 315. The highest BCUT2D eigenvalue weighted by Crippen LogP contribution is 2.45. The number of hydrogen-bond donors (Lipinski definition) is 0. The van der Waals surface area contributed by atoms with Crippen molar-refractivity contribution < 1.29 is 4.52 Å². The molecule has 0 bridgehead atoms. The van der Waals surface area contributed by atoms with Gasteiger partial charge in [-0.05, 0) is 25.2 Å². The molecular weight excluding hydrogens is 162 g/mol. The Kier molecular flexibility index (Phi) is 1.76. The van der Waals surface area contributed by atoms with Gasteiger partial charge in [-0.15, -0.1) is 0 Å². The number of rotatable bonds is 1. The van der Waals surface area contributed by atoms with Crippen molar-refractivity contribution in [2.75, 3.05) is 0 Å². The number of hydrogen-bond acceptors (Lipinski definition) is 2. The molecule has 1 aromatic heterocycles. The Morgan fingerprint density at radius 1 is 1.31 bits per heavy atom. The summed E-state index contributed by atoms with van der Waals surface area (Å²) in [4.78, 5) is 0. The summed E-state index contributed by atoms with van der Waals surface area (Å²) in [6, 6.07) is 0. The summed E-state index contributed by atoms with van der Waals surface area (Å²) in [6.07, 6.45) is 2.55. The molecule has 1 heterocycles. The van der Waals surface area contributed by atoms with Crippen LogP contribution in [0.25, 0.3) is 0 Å². The summed E-state index contributed by atoms with van der Waals surface area (Å²) >= 11 is 0. The molecule has 0 atom stereocenters. The zero-order valence-corrected chi connectivity index (χ0v) is 8.85. The number of aromatic nitrogens is 1. The Morgan fingerprint density at radius 2 is 1.92 bits per heavy atom. The van der Waals surface area contributed by atoms with Gasteiger partial charge in [0.1, 0.15) is 5.76 Å². The largest absolute Gasteiger partial charge is 0.361 e. The third-order valence-corrected chi connectivity index (χ3v) is 2.59. The second-order valence-electron chi connectivity index (χ2n) is 5.03. The van der Waals surface area contributed by atoms with Gasteiger partial charge in [0.2, 0.25) is 0 Å². The minimum absolute atomic E-state index is 0.169. The Hall–Kier alpha value is -0.790. The third-order valence-electron chi connectivity index (χ3n) is 2.59. The number of aryl methyl sites for hydroxylation is 1. The Labute approximate surface area is 79.3 Å². The predicted molar refractivity (Wildman–Crippen MR) is 51.9 cm³/mol. The SMILES string of the molecule is Cc1noc(C2CC2)c1C(C)(C)C. The van der Waals surface area contributed by atoms with Crippen molar-refractivity contribution in [3.8, 4) is 0 Å². The number of nitrogens with zero attached hydrogens (tertiary/aromatic N) is 1. The fourth-order valence-electron chi connectivity index (χ4n) is 1.92. The summed E-state index contributed by atoms with van der Waals surface area (Å²) in [6.45, 7) is 8.70. The molecule has 2 rings (SSSR count). The van der Waals surface area contributed by atoms with Crippen LogP contribution in [0.1, 0.15) is 56.5 Å². The van der Waals surface area contributed by atoms with Gasteiger partial charge in [-0.3, -0.25) is 0 Å². The van der Waals surface area contributed by atoms with Crippen LogP contribution in [0.2, 0.25) is 0 Å². The van der Waals surface area contributed by atoms with Gasteiger partial charge in [-0.2, -0.15) is 0 Å². The first-order valence-electron chi connectivity index (χ1n) is 4.97. The normalized spacial score (nSPS) is 17.8. The lowest BCUT2D eigenvalue weighted by Gasteiger charge is -2.18. The van der Waals surface area contributed by atoms with Crippen molar-refractivity contribution in [2.45, 2.75) is 51.9 Å². The minimum Gasteiger partial charge on any atom is -0.361 e. The molecule has 13 heavy (non-hydrogen) atoms. The smallest absolute Gasteiger partial charge is 0.143 e. The Balaban J connectivity index is 2.46. The van der Waals surface area contributed by atoms with Crippen molar-refractivity contribution in [3.05, 3.63) is 17.0 Å². The molecule has 0 saturated heterocycles. The highest BCUT2D eigenvalue weighted by molar-refractivity contribution is 5.33. The molecule has 72 valence electrons. The van der Waals surface area contributed by atoms with E-state index in [1.165, 1.54) is 18.4 Å². The van der Waals surface area contributed by atoms with E-state index in [-0.39, 0.29) is 5.41 Å². The topological polar surface area (TPSA) is 26.0 Å². The molecule has 0 radical (unpaired) electrons. The van der Waals surface area contributed by atoms with Crippen LogP contribution in [0.3, 0.4) is 0 Å². The molecule has 0 aromatic carbocycles. The predicted octanol–water partition coefficient (Wildman–Crippen LogP) is 3.16. The first-order chi connectivity index (χ1) is 6.00. The monoisotopic (exact) mass is 179 g/mol. The molecule has 2 heteroatoms. The fraction of sp³-hybridized carbons (Fsp3) is 0.727. The van der Waals surface area contributed by atoms with Crippen LogP contribution in [0, 0.1) is 6.92 Å². The van der Waals surface area contributed by atoms with Crippen LogP contribution in [0.5, 0.6) is 0 Å². The summed E-state index contributed by atoms with van der Waals surface area (Å²) in [5.41, 5.74) is 2.56. The summed E-state index contributed by atoms with van der Waals surface area (Å²) in [5.74, 6) is 1.81. The van der Waals surface area contributed by atoms with Crippen molar-refractivity contribution in [2.24, 2.45) is 0 Å². The Morgan fingerprint density at radius 3 is 2.38 bits per heavy atom. The fourth-order valence-corrected chi connectivity index (χ4v) is 1.92. The van der Waals surface area contributed by atoms with Gasteiger partial charge < -0.3 is 4.52 Å². The van der Waals surface area contributed by atoms with Crippen molar-refractivity contribution in [1.82, 2.24) is 5.16 Å².